The van der Waals surface area contributed by atoms with Gasteiger partial charge in [-0.25, -0.2) is 4.39 Å². The zero-order valence-corrected chi connectivity index (χ0v) is 12.1. The maximum Gasteiger partial charge on any atom is 0.129 e. The summed E-state index contributed by atoms with van der Waals surface area (Å²) in [5, 5.41) is 11.0. The van der Waals surface area contributed by atoms with E-state index in [-0.39, 0.29) is 11.2 Å². The predicted octanol–water partition coefficient (Wildman–Crippen LogP) is 4.76. The van der Waals surface area contributed by atoms with Crippen molar-refractivity contribution in [3.8, 4) is 0 Å². The van der Waals surface area contributed by atoms with E-state index in [1.54, 1.807) is 18.2 Å². The average molecular weight is 284 g/mol. The summed E-state index contributed by atoms with van der Waals surface area (Å²) in [5.41, 5.74) is 1.19. The number of benzene rings is 2. The molecule has 1 unspecified atom stereocenters. The minimum atomic E-state index is -0.790. The van der Waals surface area contributed by atoms with Crippen LogP contribution in [-0.4, -0.2) is 5.11 Å². The molecule has 1 fully saturated rings. The van der Waals surface area contributed by atoms with Crippen molar-refractivity contribution in [2.75, 3.05) is 0 Å². The van der Waals surface area contributed by atoms with Gasteiger partial charge in [0, 0.05) is 11.0 Å². The minimum Gasteiger partial charge on any atom is -0.387 e. The van der Waals surface area contributed by atoms with Crippen LogP contribution in [0.1, 0.15) is 49.3 Å². The van der Waals surface area contributed by atoms with Gasteiger partial charge in [-0.1, -0.05) is 67.8 Å². The zero-order chi connectivity index (χ0) is 14.7. The highest BCUT2D eigenvalue weighted by atomic mass is 19.1. The van der Waals surface area contributed by atoms with Crippen molar-refractivity contribution in [1.29, 1.82) is 0 Å². The molecule has 1 atom stereocenters. The highest BCUT2D eigenvalue weighted by Crippen LogP contribution is 2.48. The van der Waals surface area contributed by atoms with Gasteiger partial charge in [-0.15, -0.1) is 0 Å². The van der Waals surface area contributed by atoms with E-state index in [1.165, 1.54) is 12.5 Å². The predicted molar refractivity (Wildman–Crippen MR) is 82.6 cm³/mol. The van der Waals surface area contributed by atoms with Crippen LogP contribution in [0.4, 0.5) is 4.39 Å². The first-order valence-corrected chi connectivity index (χ1v) is 7.72. The second-order valence-electron chi connectivity index (χ2n) is 6.01. The number of halogens is 1. The summed E-state index contributed by atoms with van der Waals surface area (Å²) in [6.45, 7) is 0. The molecule has 1 nitrogen and oxygen atoms in total. The average Bonchev–Trinajstić information content (AvgIpc) is 2.56. The van der Waals surface area contributed by atoms with E-state index in [9.17, 15) is 9.50 Å². The molecule has 1 aliphatic rings. The number of rotatable bonds is 3. The fourth-order valence-corrected chi connectivity index (χ4v) is 3.67. The van der Waals surface area contributed by atoms with E-state index in [4.69, 9.17) is 0 Å². The minimum absolute atomic E-state index is 0.314. The van der Waals surface area contributed by atoms with Crippen molar-refractivity contribution in [1.82, 2.24) is 0 Å². The van der Waals surface area contributed by atoms with Crippen molar-refractivity contribution in [2.45, 2.75) is 43.6 Å². The first-order chi connectivity index (χ1) is 10.2. The van der Waals surface area contributed by atoms with E-state index in [2.05, 4.69) is 12.1 Å². The lowest BCUT2D eigenvalue weighted by Gasteiger charge is -2.42. The van der Waals surface area contributed by atoms with Gasteiger partial charge >= 0.3 is 0 Å². The Kier molecular flexibility index (Phi) is 4.07. The monoisotopic (exact) mass is 284 g/mol. The van der Waals surface area contributed by atoms with Crippen molar-refractivity contribution < 1.29 is 9.50 Å². The number of aliphatic hydroxyl groups is 1. The van der Waals surface area contributed by atoms with E-state index in [1.807, 2.05) is 18.2 Å². The fraction of sp³-hybridized carbons (Fsp3) is 0.368. The Bertz CT molecular complexity index is 588. The van der Waals surface area contributed by atoms with Gasteiger partial charge in [0.05, 0.1) is 6.10 Å². The SMILES string of the molecule is OC(c1ccccc1F)C1(c2ccccc2)CCCCC1. The van der Waals surface area contributed by atoms with Gasteiger partial charge in [0.25, 0.3) is 0 Å². The van der Waals surface area contributed by atoms with Crippen LogP contribution in [0.25, 0.3) is 0 Å². The van der Waals surface area contributed by atoms with Gasteiger partial charge in [-0.05, 0) is 24.5 Å². The van der Waals surface area contributed by atoms with Crippen molar-refractivity contribution in [2.24, 2.45) is 0 Å². The molecule has 0 amide bonds. The molecule has 0 spiro atoms. The van der Waals surface area contributed by atoms with Gasteiger partial charge in [0.1, 0.15) is 5.82 Å². The van der Waals surface area contributed by atoms with Crippen LogP contribution in [0.3, 0.4) is 0 Å². The maximum absolute atomic E-state index is 14.1. The molecule has 0 saturated heterocycles. The van der Waals surface area contributed by atoms with Gasteiger partial charge < -0.3 is 5.11 Å². The Morgan fingerprint density at radius 1 is 0.857 bits per heavy atom. The molecule has 3 rings (SSSR count). The second-order valence-corrected chi connectivity index (χ2v) is 6.01. The smallest absolute Gasteiger partial charge is 0.129 e. The Labute approximate surface area is 125 Å². The third-order valence-electron chi connectivity index (χ3n) is 4.82. The third-order valence-corrected chi connectivity index (χ3v) is 4.82. The molecule has 0 aromatic heterocycles. The second kappa shape index (κ2) is 5.98. The summed E-state index contributed by atoms with van der Waals surface area (Å²) >= 11 is 0. The van der Waals surface area contributed by atoms with Gasteiger partial charge in [-0.2, -0.15) is 0 Å². The van der Waals surface area contributed by atoms with Crippen LogP contribution in [-0.2, 0) is 5.41 Å². The molecule has 0 aliphatic heterocycles. The summed E-state index contributed by atoms with van der Waals surface area (Å²) in [4.78, 5) is 0. The van der Waals surface area contributed by atoms with Crippen molar-refractivity contribution in [3.05, 3.63) is 71.5 Å². The Hall–Kier alpha value is -1.67. The van der Waals surface area contributed by atoms with Crippen LogP contribution in [0.2, 0.25) is 0 Å². The zero-order valence-electron chi connectivity index (χ0n) is 12.1. The molecule has 2 heteroatoms. The van der Waals surface area contributed by atoms with Gasteiger partial charge in [0.2, 0.25) is 0 Å². The molecule has 0 heterocycles. The molecular weight excluding hydrogens is 263 g/mol. The maximum atomic E-state index is 14.1. The summed E-state index contributed by atoms with van der Waals surface area (Å²) in [6, 6.07) is 16.7. The molecule has 1 saturated carbocycles. The highest BCUT2D eigenvalue weighted by Gasteiger charge is 2.42. The topological polar surface area (TPSA) is 20.2 Å². The number of hydrogen-bond donors (Lipinski definition) is 1. The molecule has 2 aromatic carbocycles. The molecule has 1 aliphatic carbocycles. The van der Waals surface area contributed by atoms with Crippen molar-refractivity contribution >= 4 is 0 Å². The first kappa shape index (κ1) is 14.3. The number of aliphatic hydroxyl groups excluding tert-OH is 1. The lowest BCUT2D eigenvalue weighted by molar-refractivity contribution is 0.0500. The lowest BCUT2D eigenvalue weighted by atomic mass is 9.64. The Morgan fingerprint density at radius 3 is 2.14 bits per heavy atom. The quantitative estimate of drug-likeness (QED) is 0.861. The van der Waals surface area contributed by atoms with E-state index in [0.717, 1.165) is 31.2 Å². The van der Waals surface area contributed by atoms with Crippen LogP contribution in [0, 0.1) is 5.82 Å². The summed E-state index contributed by atoms with van der Waals surface area (Å²) in [7, 11) is 0. The largest absolute Gasteiger partial charge is 0.387 e. The lowest BCUT2D eigenvalue weighted by Crippen LogP contribution is -2.36. The molecular formula is C19H21FO. The Balaban J connectivity index is 2.06. The Morgan fingerprint density at radius 2 is 1.48 bits per heavy atom. The van der Waals surface area contributed by atoms with E-state index in [0.29, 0.717) is 5.56 Å². The highest BCUT2D eigenvalue weighted by molar-refractivity contribution is 5.33. The van der Waals surface area contributed by atoms with E-state index < -0.39 is 6.10 Å². The van der Waals surface area contributed by atoms with Crippen LogP contribution >= 0.6 is 0 Å². The molecule has 0 bridgehead atoms. The number of hydrogen-bond acceptors (Lipinski definition) is 1. The van der Waals surface area contributed by atoms with Crippen molar-refractivity contribution in [3.63, 3.8) is 0 Å². The van der Waals surface area contributed by atoms with Crippen LogP contribution in [0.5, 0.6) is 0 Å². The molecule has 21 heavy (non-hydrogen) atoms. The molecule has 110 valence electrons. The third kappa shape index (κ3) is 2.60. The van der Waals surface area contributed by atoms with Gasteiger partial charge in [-0.3, -0.25) is 0 Å². The summed E-state index contributed by atoms with van der Waals surface area (Å²) < 4.78 is 14.1. The molecule has 0 radical (unpaired) electrons. The van der Waals surface area contributed by atoms with Crippen LogP contribution in [0.15, 0.2) is 54.6 Å². The summed E-state index contributed by atoms with van der Waals surface area (Å²) in [6.07, 6.45) is 4.39. The first-order valence-electron chi connectivity index (χ1n) is 7.72. The van der Waals surface area contributed by atoms with Gasteiger partial charge in [0.15, 0.2) is 0 Å². The molecule has 1 N–H and O–H groups in total. The molecule has 2 aromatic rings. The fourth-order valence-electron chi connectivity index (χ4n) is 3.67. The summed E-state index contributed by atoms with van der Waals surface area (Å²) in [5.74, 6) is -0.314. The normalized spacial score (nSPS) is 19.1. The standard InChI is InChI=1S/C19H21FO/c20-17-12-6-5-11-16(17)18(21)19(13-7-2-8-14-19)15-9-3-1-4-10-15/h1,3-6,9-12,18,21H,2,7-8,13-14H2. The van der Waals surface area contributed by atoms with Crippen LogP contribution < -0.4 is 0 Å². The van der Waals surface area contributed by atoms with E-state index >= 15 is 0 Å².